The molecule has 2 atom stereocenters. The Labute approximate surface area is 126 Å². The minimum atomic E-state index is -0.197. The molecule has 1 aliphatic rings. The Balaban J connectivity index is 1.82. The second-order valence-electron chi connectivity index (χ2n) is 5.70. The van der Waals surface area contributed by atoms with Gasteiger partial charge >= 0.3 is 6.03 Å². The number of amides is 2. The van der Waals surface area contributed by atoms with Gasteiger partial charge in [0.05, 0.1) is 13.2 Å². The maximum Gasteiger partial charge on any atom is 0.319 e. The Hall–Kier alpha value is -1.75. The third kappa shape index (κ3) is 4.36. The highest BCUT2D eigenvalue weighted by Crippen LogP contribution is 2.26. The van der Waals surface area contributed by atoms with E-state index in [-0.39, 0.29) is 12.1 Å². The first-order valence-corrected chi connectivity index (χ1v) is 7.40. The summed E-state index contributed by atoms with van der Waals surface area (Å²) in [6.07, 6.45) is 1.24. The summed E-state index contributed by atoms with van der Waals surface area (Å²) < 4.78 is 10.8. The quantitative estimate of drug-likeness (QED) is 0.877. The second-order valence-corrected chi connectivity index (χ2v) is 5.70. The summed E-state index contributed by atoms with van der Waals surface area (Å²) in [5.74, 6) is 1.58. The molecule has 5 heteroatoms. The smallest absolute Gasteiger partial charge is 0.319 e. The van der Waals surface area contributed by atoms with Crippen LogP contribution in [0.15, 0.2) is 24.3 Å². The number of carbonyl (C=O) groups is 1. The Morgan fingerprint density at radius 3 is 3.00 bits per heavy atom. The minimum absolute atomic E-state index is 0.197. The summed E-state index contributed by atoms with van der Waals surface area (Å²) >= 11 is 0. The first kappa shape index (κ1) is 15.6. The molecule has 0 bridgehead atoms. The lowest BCUT2D eigenvalue weighted by Gasteiger charge is -2.22. The molecule has 0 aromatic heterocycles. The van der Waals surface area contributed by atoms with E-state index in [1.807, 2.05) is 18.2 Å². The van der Waals surface area contributed by atoms with Gasteiger partial charge in [0, 0.05) is 30.8 Å². The first-order valence-electron chi connectivity index (χ1n) is 7.40. The van der Waals surface area contributed by atoms with Crippen LogP contribution in [0.3, 0.4) is 0 Å². The van der Waals surface area contributed by atoms with Crippen LogP contribution in [-0.2, 0) is 4.74 Å². The number of methoxy groups -OCH3 is 1. The first-order chi connectivity index (χ1) is 10.1. The van der Waals surface area contributed by atoms with E-state index >= 15 is 0 Å². The minimum Gasteiger partial charge on any atom is -0.497 e. The van der Waals surface area contributed by atoms with Crippen LogP contribution in [-0.4, -0.2) is 32.4 Å². The van der Waals surface area contributed by atoms with Crippen LogP contribution >= 0.6 is 0 Å². The van der Waals surface area contributed by atoms with Crippen molar-refractivity contribution in [1.29, 1.82) is 0 Å². The van der Waals surface area contributed by atoms with Gasteiger partial charge in [-0.3, -0.25) is 0 Å². The van der Waals surface area contributed by atoms with Crippen molar-refractivity contribution < 1.29 is 14.3 Å². The average molecular weight is 292 g/mol. The van der Waals surface area contributed by atoms with Crippen LogP contribution in [0, 0.1) is 11.8 Å². The largest absolute Gasteiger partial charge is 0.497 e. The number of urea groups is 1. The molecular weight excluding hydrogens is 268 g/mol. The molecule has 2 unspecified atom stereocenters. The van der Waals surface area contributed by atoms with Crippen LogP contribution in [0.4, 0.5) is 10.5 Å². The summed E-state index contributed by atoms with van der Waals surface area (Å²) in [7, 11) is 1.60. The highest BCUT2D eigenvalue weighted by molar-refractivity contribution is 5.89. The molecule has 1 aromatic carbocycles. The summed E-state index contributed by atoms with van der Waals surface area (Å²) in [4.78, 5) is 11.9. The zero-order valence-corrected chi connectivity index (χ0v) is 12.9. The molecule has 0 saturated carbocycles. The van der Waals surface area contributed by atoms with Crippen molar-refractivity contribution in [2.75, 3.05) is 25.6 Å². The molecule has 1 aromatic rings. The topological polar surface area (TPSA) is 59.6 Å². The zero-order valence-electron chi connectivity index (χ0n) is 12.9. The maximum atomic E-state index is 11.9. The van der Waals surface area contributed by atoms with Gasteiger partial charge in [0.25, 0.3) is 0 Å². The van der Waals surface area contributed by atoms with E-state index in [1.54, 1.807) is 13.2 Å². The molecular formula is C16H24N2O3. The molecule has 2 amide bonds. The van der Waals surface area contributed by atoms with Gasteiger partial charge in [0.1, 0.15) is 5.75 Å². The van der Waals surface area contributed by atoms with E-state index in [4.69, 9.17) is 9.47 Å². The molecule has 2 rings (SSSR count). The molecule has 1 fully saturated rings. The van der Waals surface area contributed by atoms with Gasteiger partial charge in [-0.15, -0.1) is 0 Å². The number of rotatable bonds is 5. The van der Waals surface area contributed by atoms with Gasteiger partial charge in [-0.2, -0.15) is 0 Å². The summed E-state index contributed by atoms with van der Waals surface area (Å²) in [5, 5.41) is 5.74. The SMILES string of the molecule is COc1cccc(NC(=O)NCC2CCOC2C(C)C)c1. The summed E-state index contributed by atoms with van der Waals surface area (Å²) in [6.45, 7) is 5.73. The Bertz CT molecular complexity index is 476. The predicted octanol–water partition coefficient (Wildman–Crippen LogP) is 2.88. The van der Waals surface area contributed by atoms with Gasteiger partial charge < -0.3 is 20.1 Å². The fourth-order valence-electron chi connectivity index (χ4n) is 2.71. The number of benzene rings is 1. The lowest BCUT2D eigenvalue weighted by molar-refractivity contribution is 0.0546. The molecule has 1 saturated heterocycles. The lowest BCUT2D eigenvalue weighted by atomic mass is 9.93. The van der Waals surface area contributed by atoms with Crippen molar-refractivity contribution >= 4 is 11.7 Å². The van der Waals surface area contributed by atoms with Crippen LogP contribution in [0.5, 0.6) is 5.75 Å². The molecule has 0 spiro atoms. The van der Waals surface area contributed by atoms with Gasteiger partial charge in [-0.1, -0.05) is 19.9 Å². The average Bonchev–Trinajstić information content (AvgIpc) is 2.94. The maximum absolute atomic E-state index is 11.9. The number of hydrogen-bond acceptors (Lipinski definition) is 3. The Morgan fingerprint density at radius 2 is 2.29 bits per heavy atom. The van der Waals surface area contributed by atoms with Crippen molar-refractivity contribution in [3.63, 3.8) is 0 Å². The molecule has 0 aliphatic carbocycles. The molecule has 1 heterocycles. The van der Waals surface area contributed by atoms with E-state index < -0.39 is 0 Å². The lowest BCUT2D eigenvalue weighted by Crippen LogP contribution is -2.37. The van der Waals surface area contributed by atoms with Crippen LogP contribution < -0.4 is 15.4 Å². The summed E-state index contributed by atoms with van der Waals surface area (Å²) in [5.41, 5.74) is 0.718. The van der Waals surface area contributed by atoms with E-state index in [1.165, 1.54) is 0 Å². The monoisotopic (exact) mass is 292 g/mol. The third-order valence-electron chi connectivity index (χ3n) is 3.77. The van der Waals surface area contributed by atoms with Crippen LogP contribution in [0.2, 0.25) is 0 Å². The number of hydrogen-bond donors (Lipinski definition) is 2. The molecule has 116 valence electrons. The number of anilines is 1. The fourth-order valence-corrected chi connectivity index (χ4v) is 2.71. The van der Waals surface area contributed by atoms with Gasteiger partial charge in [0.15, 0.2) is 0 Å². The van der Waals surface area contributed by atoms with Crippen molar-refractivity contribution in [1.82, 2.24) is 5.32 Å². The number of nitrogens with one attached hydrogen (secondary N) is 2. The number of carbonyl (C=O) groups excluding carboxylic acids is 1. The summed E-state index contributed by atoms with van der Waals surface area (Å²) in [6, 6.07) is 7.10. The van der Waals surface area contributed by atoms with E-state index in [2.05, 4.69) is 24.5 Å². The Kier molecular flexibility index (Phi) is 5.44. The highest BCUT2D eigenvalue weighted by Gasteiger charge is 2.30. The Morgan fingerprint density at radius 1 is 1.48 bits per heavy atom. The standard InChI is InChI=1S/C16H24N2O3/c1-11(2)15-12(7-8-21-15)10-17-16(19)18-13-5-4-6-14(9-13)20-3/h4-6,9,11-12,15H,7-8,10H2,1-3H3,(H2,17,18,19). The van der Waals surface area contributed by atoms with E-state index in [0.717, 1.165) is 24.5 Å². The van der Waals surface area contributed by atoms with E-state index in [9.17, 15) is 4.79 Å². The number of ether oxygens (including phenoxy) is 2. The van der Waals surface area contributed by atoms with Gasteiger partial charge in [-0.25, -0.2) is 4.79 Å². The molecule has 21 heavy (non-hydrogen) atoms. The molecule has 2 N–H and O–H groups in total. The molecule has 1 aliphatic heterocycles. The van der Waals surface area contributed by atoms with Crippen molar-refractivity contribution in [2.45, 2.75) is 26.4 Å². The zero-order chi connectivity index (χ0) is 15.2. The van der Waals surface area contributed by atoms with Crippen molar-refractivity contribution in [2.24, 2.45) is 11.8 Å². The van der Waals surface area contributed by atoms with Crippen LogP contribution in [0.25, 0.3) is 0 Å². The normalized spacial score (nSPS) is 21.3. The fraction of sp³-hybridized carbons (Fsp3) is 0.562. The van der Waals surface area contributed by atoms with Gasteiger partial charge in [-0.05, 0) is 24.5 Å². The van der Waals surface area contributed by atoms with E-state index in [0.29, 0.717) is 18.4 Å². The third-order valence-corrected chi connectivity index (χ3v) is 3.77. The predicted molar refractivity (Wildman–Crippen MR) is 82.7 cm³/mol. The molecule has 5 nitrogen and oxygen atoms in total. The van der Waals surface area contributed by atoms with Crippen LogP contribution in [0.1, 0.15) is 20.3 Å². The van der Waals surface area contributed by atoms with Gasteiger partial charge in [0.2, 0.25) is 0 Å². The highest BCUT2D eigenvalue weighted by atomic mass is 16.5. The van der Waals surface area contributed by atoms with Crippen molar-refractivity contribution in [3.05, 3.63) is 24.3 Å². The molecule has 0 radical (unpaired) electrons. The van der Waals surface area contributed by atoms with Crippen molar-refractivity contribution in [3.8, 4) is 5.75 Å². The second kappa shape index (κ2) is 7.31.